The predicted octanol–water partition coefficient (Wildman–Crippen LogP) is 4.84. The minimum atomic E-state index is -0.222. The Morgan fingerprint density at radius 2 is 2.03 bits per heavy atom. The lowest BCUT2D eigenvalue weighted by Crippen LogP contribution is -2.21. The predicted molar refractivity (Wildman–Crippen MR) is 112 cm³/mol. The Balaban J connectivity index is 1.71. The van der Waals surface area contributed by atoms with Crippen LogP contribution < -0.4 is 0 Å². The van der Waals surface area contributed by atoms with Gasteiger partial charge in [-0.2, -0.15) is 4.91 Å². The molecule has 0 N–H and O–H groups in total. The quantitative estimate of drug-likeness (QED) is 0.514. The van der Waals surface area contributed by atoms with E-state index in [4.69, 9.17) is 9.15 Å². The van der Waals surface area contributed by atoms with Crippen molar-refractivity contribution in [1.82, 2.24) is 9.88 Å². The first-order valence-corrected chi connectivity index (χ1v) is 9.86. The maximum atomic E-state index is 11.1. The Morgan fingerprint density at radius 3 is 2.79 bits per heavy atom. The Hall–Kier alpha value is -2.83. The molecule has 2 aromatic heterocycles. The fraction of sp³-hybridized carbons (Fsp3) is 0.348. The van der Waals surface area contributed by atoms with Crippen LogP contribution >= 0.6 is 0 Å². The number of methoxy groups -OCH3 is 1. The average molecular weight is 391 g/mol. The number of nitrogens with zero attached hydrogens (tertiary/aromatic N) is 3. The van der Waals surface area contributed by atoms with Crippen molar-refractivity contribution in [1.29, 1.82) is 0 Å². The Bertz CT molecular complexity index is 984. The number of pyridine rings is 1. The zero-order valence-electron chi connectivity index (χ0n) is 16.8. The summed E-state index contributed by atoms with van der Waals surface area (Å²) < 4.78 is 11.5. The largest absolute Gasteiger partial charge is 0.459 e. The van der Waals surface area contributed by atoms with Gasteiger partial charge in [-0.3, -0.25) is 9.88 Å². The van der Waals surface area contributed by atoms with Crippen molar-refractivity contribution in [3.63, 3.8) is 0 Å². The molecule has 1 aliphatic rings. The molecule has 1 aromatic carbocycles. The highest BCUT2D eigenvalue weighted by atomic mass is 16.5. The van der Waals surface area contributed by atoms with Crippen LogP contribution in [0.4, 0.5) is 0 Å². The molecule has 0 saturated heterocycles. The van der Waals surface area contributed by atoms with Gasteiger partial charge in [0.15, 0.2) is 0 Å². The van der Waals surface area contributed by atoms with Crippen molar-refractivity contribution in [3.05, 3.63) is 70.6 Å². The van der Waals surface area contributed by atoms with Crippen molar-refractivity contribution in [2.45, 2.75) is 25.4 Å². The van der Waals surface area contributed by atoms with E-state index in [2.05, 4.69) is 34.2 Å². The molecule has 150 valence electrons. The van der Waals surface area contributed by atoms with Crippen molar-refractivity contribution in [3.8, 4) is 22.5 Å². The van der Waals surface area contributed by atoms with Crippen LogP contribution in [0, 0.1) is 4.91 Å². The Kier molecular flexibility index (Phi) is 5.83. The number of rotatable bonds is 8. The molecule has 0 radical (unpaired) electrons. The summed E-state index contributed by atoms with van der Waals surface area (Å²) in [6.07, 6.45) is 5.24. The topological polar surface area (TPSA) is 67.9 Å². The van der Waals surface area contributed by atoms with Crippen molar-refractivity contribution in [2.75, 3.05) is 27.3 Å². The number of nitroso groups, excluding NO2 is 1. The van der Waals surface area contributed by atoms with Gasteiger partial charge in [0.2, 0.25) is 0 Å². The smallest absolute Gasteiger partial charge is 0.142 e. The van der Waals surface area contributed by atoms with Gasteiger partial charge < -0.3 is 9.15 Å². The van der Waals surface area contributed by atoms with Crippen LogP contribution in [-0.2, 0) is 17.7 Å². The van der Waals surface area contributed by atoms with E-state index in [1.807, 2.05) is 24.3 Å². The summed E-state index contributed by atoms with van der Waals surface area (Å²) in [7, 11) is 3.76. The molecule has 6 nitrogen and oxygen atoms in total. The van der Waals surface area contributed by atoms with Crippen LogP contribution in [0.25, 0.3) is 22.5 Å². The molecule has 0 amide bonds. The summed E-state index contributed by atoms with van der Waals surface area (Å²) in [5.74, 6) is 1.75. The van der Waals surface area contributed by atoms with Gasteiger partial charge in [-0.25, -0.2) is 0 Å². The third-order valence-corrected chi connectivity index (χ3v) is 5.46. The molecular formula is C23H25N3O3. The van der Waals surface area contributed by atoms with Crippen LogP contribution in [0.2, 0.25) is 0 Å². The fourth-order valence-electron chi connectivity index (χ4n) is 3.92. The summed E-state index contributed by atoms with van der Waals surface area (Å²) in [6, 6.07) is 12.1. The molecule has 6 heteroatoms. The Morgan fingerprint density at radius 1 is 1.21 bits per heavy atom. The lowest BCUT2D eigenvalue weighted by Gasteiger charge is -2.13. The van der Waals surface area contributed by atoms with Gasteiger partial charge in [0.25, 0.3) is 0 Å². The zero-order valence-corrected chi connectivity index (χ0v) is 16.8. The minimum absolute atomic E-state index is 0.222. The number of hydrogen-bond acceptors (Lipinski definition) is 6. The number of hydrogen-bond donors (Lipinski definition) is 0. The van der Waals surface area contributed by atoms with E-state index in [0.29, 0.717) is 13.2 Å². The van der Waals surface area contributed by atoms with E-state index in [1.165, 1.54) is 5.56 Å². The normalized spacial score (nSPS) is 15.6. The van der Waals surface area contributed by atoms with Gasteiger partial charge in [-0.1, -0.05) is 17.3 Å². The van der Waals surface area contributed by atoms with Crippen molar-refractivity contribution in [2.24, 2.45) is 5.18 Å². The fourth-order valence-corrected chi connectivity index (χ4v) is 3.92. The zero-order chi connectivity index (χ0) is 20.2. The van der Waals surface area contributed by atoms with E-state index < -0.39 is 0 Å². The first-order chi connectivity index (χ1) is 14.2. The van der Waals surface area contributed by atoms with Crippen LogP contribution in [0.1, 0.15) is 29.3 Å². The second-order valence-electron chi connectivity index (χ2n) is 7.50. The van der Waals surface area contributed by atoms with Gasteiger partial charge in [0, 0.05) is 37.2 Å². The Labute approximate surface area is 170 Å². The third-order valence-electron chi connectivity index (χ3n) is 5.46. The second-order valence-corrected chi connectivity index (χ2v) is 7.50. The second kappa shape index (κ2) is 8.68. The minimum Gasteiger partial charge on any atom is -0.459 e. The van der Waals surface area contributed by atoms with E-state index in [0.717, 1.165) is 53.2 Å². The molecule has 0 saturated carbocycles. The van der Waals surface area contributed by atoms with E-state index >= 15 is 0 Å². The highest BCUT2D eigenvalue weighted by Gasteiger charge is 2.25. The van der Waals surface area contributed by atoms with Gasteiger partial charge >= 0.3 is 0 Å². The maximum absolute atomic E-state index is 11.1. The summed E-state index contributed by atoms with van der Waals surface area (Å²) in [6.45, 7) is 2.21. The summed E-state index contributed by atoms with van der Waals surface area (Å²) >= 11 is 0. The van der Waals surface area contributed by atoms with Gasteiger partial charge in [-0.15, -0.1) is 0 Å². The van der Waals surface area contributed by atoms with E-state index in [9.17, 15) is 4.91 Å². The average Bonchev–Trinajstić information content (AvgIpc) is 3.36. The number of fused-ring (bicyclic) bond motifs is 1. The molecule has 3 aromatic rings. The molecule has 0 aliphatic heterocycles. The molecule has 1 unspecified atom stereocenters. The molecule has 0 fully saturated rings. The third kappa shape index (κ3) is 4.13. The highest BCUT2D eigenvalue weighted by Crippen LogP contribution is 2.40. The number of aromatic nitrogens is 1. The van der Waals surface area contributed by atoms with Crippen LogP contribution in [0.5, 0.6) is 0 Å². The molecule has 0 spiro atoms. The first kappa shape index (κ1) is 19.5. The number of furan rings is 1. The lowest BCUT2D eigenvalue weighted by atomic mass is 9.99. The first-order valence-electron chi connectivity index (χ1n) is 9.86. The highest BCUT2D eigenvalue weighted by molar-refractivity contribution is 5.80. The van der Waals surface area contributed by atoms with Gasteiger partial charge in [0.1, 0.15) is 17.6 Å². The molecule has 4 rings (SSSR count). The SMILES string of the molecule is COCCN(C)Cc1cc(-c2ccncc2)c(-c2ccc3c(c2)CCC3N=O)o1. The lowest BCUT2D eigenvalue weighted by molar-refractivity contribution is 0.155. The molecule has 1 aliphatic carbocycles. The van der Waals surface area contributed by atoms with Crippen LogP contribution in [0.3, 0.4) is 0 Å². The van der Waals surface area contributed by atoms with Crippen LogP contribution in [0.15, 0.2) is 58.4 Å². The summed E-state index contributed by atoms with van der Waals surface area (Å²) in [5.41, 5.74) is 5.36. The number of likely N-dealkylation sites (N-methyl/N-ethyl adjacent to an activating group) is 1. The molecule has 29 heavy (non-hydrogen) atoms. The van der Waals surface area contributed by atoms with Gasteiger partial charge in [0.05, 0.1) is 13.2 Å². The monoisotopic (exact) mass is 391 g/mol. The number of aryl methyl sites for hydroxylation is 1. The number of benzene rings is 1. The molecule has 2 heterocycles. The van der Waals surface area contributed by atoms with Crippen LogP contribution in [-0.4, -0.2) is 37.2 Å². The van der Waals surface area contributed by atoms with E-state index in [-0.39, 0.29) is 6.04 Å². The maximum Gasteiger partial charge on any atom is 0.142 e. The van der Waals surface area contributed by atoms with Gasteiger partial charge in [-0.05, 0) is 60.8 Å². The summed E-state index contributed by atoms with van der Waals surface area (Å²) in [5, 5.41) is 3.26. The van der Waals surface area contributed by atoms with Crippen molar-refractivity contribution >= 4 is 0 Å². The molecular weight excluding hydrogens is 366 g/mol. The van der Waals surface area contributed by atoms with E-state index in [1.54, 1.807) is 19.5 Å². The standard InChI is InChI=1S/C23H25N3O3/c1-26(11-12-28-2)15-19-14-21(16-7-9-24-10-8-16)23(29-19)18-3-5-20-17(13-18)4-6-22(20)25-27/h3,5,7-10,13-14,22H,4,6,11-12,15H2,1-2H3. The number of ether oxygens (including phenoxy) is 1. The molecule has 0 bridgehead atoms. The molecule has 1 atom stereocenters. The summed E-state index contributed by atoms with van der Waals surface area (Å²) in [4.78, 5) is 17.4. The van der Waals surface area contributed by atoms with Crippen molar-refractivity contribution < 1.29 is 9.15 Å².